The fraction of sp³-hybridized carbons (Fsp3) is 0.700. The zero-order valence-electron chi connectivity index (χ0n) is 7.98. The number of aliphatic hydroxyl groups excluding tert-OH is 1. The first-order valence-corrected chi connectivity index (χ1v) is 4.88. The summed E-state index contributed by atoms with van der Waals surface area (Å²) in [5, 5.41) is 13.7. The monoisotopic (exact) mass is 180 g/mol. The molecule has 0 saturated heterocycles. The van der Waals surface area contributed by atoms with Crippen molar-refractivity contribution in [1.82, 2.24) is 9.78 Å². The summed E-state index contributed by atoms with van der Waals surface area (Å²) in [4.78, 5) is 0. The lowest BCUT2D eigenvalue weighted by Crippen LogP contribution is -2.20. The van der Waals surface area contributed by atoms with Crippen LogP contribution in [0.1, 0.15) is 26.2 Å². The SMILES string of the molecule is CC(O)C1(CCn2cccn2)CC1. The summed E-state index contributed by atoms with van der Waals surface area (Å²) in [5.74, 6) is 0. The summed E-state index contributed by atoms with van der Waals surface area (Å²) >= 11 is 0. The van der Waals surface area contributed by atoms with Gasteiger partial charge in [-0.25, -0.2) is 0 Å². The molecule has 0 bridgehead atoms. The van der Waals surface area contributed by atoms with Crippen molar-refractivity contribution in [2.45, 2.75) is 38.8 Å². The second-order valence-corrected chi connectivity index (χ2v) is 4.06. The van der Waals surface area contributed by atoms with Gasteiger partial charge in [-0.3, -0.25) is 4.68 Å². The molecular weight excluding hydrogens is 164 g/mol. The Morgan fingerprint density at radius 1 is 1.62 bits per heavy atom. The standard InChI is InChI=1S/C10H16N2O/c1-9(13)10(3-4-10)5-8-12-7-2-6-11-12/h2,6-7,9,13H,3-5,8H2,1H3. The molecule has 1 saturated carbocycles. The van der Waals surface area contributed by atoms with Crippen LogP contribution < -0.4 is 0 Å². The Hall–Kier alpha value is -0.830. The van der Waals surface area contributed by atoms with Crippen molar-refractivity contribution >= 4 is 0 Å². The summed E-state index contributed by atoms with van der Waals surface area (Å²) in [5.41, 5.74) is 0.214. The fourth-order valence-electron chi connectivity index (χ4n) is 1.81. The molecule has 1 aliphatic rings. The third-order valence-electron chi connectivity index (χ3n) is 3.18. The van der Waals surface area contributed by atoms with Crippen LogP contribution in [0, 0.1) is 5.41 Å². The molecule has 13 heavy (non-hydrogen) atoms. The average Bonchev–Trinajstić information content (AvgIpc) is 2.73. The maximum atomic E-state index is 9.54. The fourth-order valence-corrected chi connectivity index (χ4v) is 1.81. The second kappa shape index (κ2) is 3.14. The van der Waals surface area contributed by atoms with Crippen LogP contribution in [-0.4, -0.2) is 21.0 Å². The lowest BCUT2D eigenvalue weighted by molar-refractivity contribution is 0.101. The Morgan fingerprint density at radius 2 is 2.38 bits per heavy atom. The van der Waals surface area contributed by atoms with Crippen molar-refractivity contribution in [3.63, 3.8) is 0 Å². The van der Waals surface area contributed by atoms with Gasteiger partial charge in [0.05, 0.1) is 6.10 Å². The maximum absolute atomic E-state index is 9.54. The minimum atomic E-state index is -0.164. The highest BCUT2D eigenvalue weighted by molar-refractivity contribution is 4.96. The van der Waals surface area contributed by atoms with Crippen molar-refractivity contribution in [3.8, 4) is 0 Å². The predicted octanol–water partition coefficient (Wildman–Crippen LogP) is 1.43. The van der Waals surface area contributed by atoms with Crippen LogP contribution in [0.25, 0.3) is 0 Å². The van der Waals surface area contributed by atoms with E-state index >= 15 is 0 Å². The van der Waals surface area contributed by atoms with Gasteiger partial charge < -0.3 is 5.11 Å². The van der Waals surface area contributed by atoms with E-state index in [0.29, 0.717) is 0 Å². The number of nitrogens with zero attached hydrogens (tertiary/aromatic N) is 2. The molecule has 72 valence electrons. The normalized spacial score (nSPS) is 21.4. The Bertz CT molecular complexity index is 262. The van der Waals surface area contributed by atoms with Crippen molar-refractivity contribution in [2.24, 2.45) is 5.41 Å². The molecule has 1 aromatic rings. The van der Waals surface area contributed by atoms with Crippen LogP contribution in [0.4, 0.5) is 0 Å². The van der Waals surface area contributed by atoms with Gasteiger partial charge in [0.15, 0.2) is 0 Å². The quantitative estimate of drug-likeness (QED) is 0.761. The van der Waals surface area contributed by atoms with E-state index in [2.05, 4.69) is 5.10 Å². The number of aryl methyl sites for hydroxylation is 1. The first-order valence-electron chi connectivity index (χ1n) is 4.88. The van der Waals surface area contributed by atoms with Gasteiger partial charge in [-0.15, -0.1) is 0 Å². The van der Waals surface area contributed by atoms with E-state index in [9.17, 15) is 5.11 Å². The molecule has 1 unspecified atom stereocenters. The van der Waals surface area contributed by atoms with Crippen molar-refractivity contribution in [1.29, 1.82) is 0 Å². The molecule has 0 spiro atoms. The van der Waals surface area contributed by atoms with E-state index in [-0.39, 0.29) is 11.5 Å². The van der Waals surface area contributed by atoms with Gasteiger partial charge in [0.2, 0.25) is 0 Å². The van der Waals surface area contributed by atoms with Gasteiger partial charge in [-0.05, 0) is 37.7 Å². The van der Waals surface area contributed by atoms with Gasteiger partial charge in [0.25, 0.3) is 0 Å². The smallest absolute Gasteiger partial charge is 0.0568 e. The topological polar surface area (TPSA) is 38.0 Å². The zero-order chi connectivity index (χ0) is 9.31. The van der Waals surface area contributed by atoms with E-state index in [1.54, 1.807) is 6.20 Å². The Morgan fingerprint density at radius 3 is 2.85 bits per heavy atom. The van der Waals surface area contributed by atoms with E-state index in [0.717, 1.165) is 13.0 Å². The summed E-state index contributed by atoms with van der Waals surface area (Å²) < 4.78 is 1.93. The van der Waals surface area contributed by atoms with Crippen LogP contribution in [0.3, 0.4) is 0 Å². The number of aliphatic hydroxyl groups is 1. The highest BCUT2D eigenvalue weighted by Gasteiger charge is 2.46. The first kappa shape index (κ1) is 8.75. The van der Waals surface area contributed by atoms with Gasteiger partial charge in [0, 0.05) is 18.9 Å². The Kier molecular flexibility index (Phi) is 2.12. The second-order valence-electron chi connectivity index (χ2n) is 4.06. The Balaban J connectivity index is 1.86. The van der Waals surface area contributed by atoms with Crippen molar-refractivity contribution in [3.05, 3.63) is 18.5 Å². The van der Waals surface area contributed by atoms with Gasteiger partial charge in [0.1, 0.15) is 0 Å². The Labute approximate surface area is 78.4 Å². The summed E-state index contributed by atoms with van der Waals surface area (Å²) in [6.07, 6.45) is 6.99. The van der Waals surface area contributed by atoms with E-state index in [4.69, 9.17) is 0 Å². The van der Waals surface area contributed by atoms with Crippen molar-refractivity contribution < 1.29 is 5.11 Å². The van der Waals surface area contributed by atoms with E-state index < -0.39 is 0 Å². The molecule has 3 heteroatoms. The van der Waals surface area contributed by atoms with Crippen molar-refractivity contribution in [2.75, 3.05) is 0 Å². The lowest BCUT2D eigenvalue weighted by Gasteiger charge is -2.17. The summed E-state index contributed by atoms with van der Waals surface area (Å²) in [7, 11) is 0. The molecule has 2 rings (SSSR count). The average molecular weight is 180 g/mol. The first-order chi connectivity index (χ1) is 6.23. The molecule has 1 aromatic heterocycles. The van der Waals surface area contributed by atoms with Crippen LogP contribution in [0.15, 0.2) is 18.5 Å². The molecule has 0 radical (unpaired) electrons. The third kappa shape index (κ3) is 1.75. The number of hydrogen-bond acceptors (Lipinski definition) is 2. The van der Waals surface area contributed by atoms with Crippen LogP contribution in [-0.2, 0) is 6.54 Å². The zero-order valence-corrected chi connectivity index (χ0v) is 7.98. The van der Waals surface area contributed by atoms with E-state index in [1.807, 2.05) is 23.9 Å². The molecule has 0 amide bonds. The van der Waals surface area contributed by atoms with Crippen LogP contribution in [0.2, 0.25) is 0 Å². The number of rotatable bonds is 4. The third-order valence-corrected chi connectivity index (χ3v) is 3.18. The van der Waals surface area contributed by atoms with Crippen LogP contribution >= 0.6 is 0 Å². The summed E-state index contributed by atoms with van der Waals surface area (Å²) in [6, 6.07) is 1.93. The minimum absolute atomic E-state index is 0.164. The number of hydrogen-bond donors (Lipinski definition) is 1. The highest BCUT2D eigenvalue weighted by atomic mass is 16.3. The molecule has 1 atom stereocenters. The van der Waals surface area contributed by atoms with Gasteiger partial charge in [-0.2, -0.15) is 5.10 Å². The summed E-state index contributed by atoms with van der Waals surface area (Å²) in [6.45, 7) is 2.83. The van der Waals surface area contributed by atoms with Crippen LogP contribution in [0.5, 0.6) is 0 Å². The minimum Gasteiger partial charge on any atom is -0.393 e. The molecule has 3 nitrogen and oxygen atoms in total. The van der Waals surface area contributed by atoms with Gasteiger partial charge in [-0.1, -0.05) is 0 Å². The molecule has 0 aliphatic heterocycles. The molecule has 1 aliphatic carbocycles. The molecule has 1 heterocycles. The molecule has 1 N–H and O–H groups in total. The number of aromatic nitrogens is 2. The largest absolute Gasteiger partial charge is 0.393 e. The predicted molar refractivity (Wildman–Crippen MR) is 50.2 cm³/mol. The van der Waals surface area contributed by atoms with Gasteiger partial charge >= 0.3 is 0 Å². The lowest BCUT2D eigenvalue weighted by atomic mass is 9.96. The van der Waals surface area contributed by atoms with E-state index in [1.165, 1.54) is 12.8 Å². The molecule has 0 aromatic carbocycles. The molecule has 1 fully saturated rings. The maximum Gasteiger partial charge on any atom is 0.0568 e. The highest BCUT2D eigenvalue weighted by Crippen LogP contribution is 2.51. The molecular formula is C10H16N2O.